The first-order chi connectivity index (χ1) is 10.9. The Bertz CT molecular complexity index is 829. The number of hydrogen-bond donors (Lipinski definition) is 1. The SMILES string of the molecule is Cc1cc(NC(=O)CN(C)c2nc3c(C)ccc(C)c3s2)no1. The van der Waals surface area contributed by atoms with Crippen molar-refractivity contribution in [3.63, 3.8) is 0 Å². The quantitative estimate of drug-likeness (QED) is 0.795. The summed E-state index contributed by atoms with van der Waals surface area (Å²) in [5, 5.41) is 7.29. The Morgan fingerprint density at radius 2 is 2.04 bits per heavy atom. The molecule has 0 radical (unpaired) electrons. The molecule has 0 aliphatic rings. The number of thiazole rings is 1. The van der Waals surface area contributed by atoms with Gasteiger partial charge in [-0.25, -0.2) is 4.98 Å². The lowest BCUT2D eigenvalue weighted by atomic mass is 10.1. The fraction of sp³-hybridized carbons (Fsp3) is 0.312. The van der Waals surface area contributed by atoms with Crippen molar-refractivity contribution >= 4 is 38.4 Å². The second kappa shape index (κ2) is 6.00. The van der Waals surface area contributed by atoms with Crippen LogP contribution in [0.5, 0.6) is 0 Å². The minimum Gasteiger partial charge on any atom is -0.360 e. The van der Waals surface area contributed by atoms with E-state index in [1.54, 1.807) is 24.3 Å². The topological polar surface area (TPSA) is 71.3 Å². The van der Waals surface area contributed by atoms with Gasteiger partial charge in [0.1, 0.15) is 5.76 Å². The van der Waals surface area contributed by atoms with E-state index in [0.29, 0.717) is 11.6 Å². The van der Waals surface area contributed by atoms with Crippen molar-refractivity contribution < 1.29 is 9.32 Å². The summed E-state index contributed by atoms with van der Waals surface area (Å²) in [6.07, 6.45) is 0. The molecule has 0 bridgehead atoms. The normalized spacial score (nSPS) is 11.0. The van der Waals surface area contributed by atoms with Crippen molar-refractivity contribution in [1.29, 1.82) is 0 Å². The van der Waals surface area contributed by atoms with Gasteiger partial charge in [0.05, 0.1) is 16.8 Å². The molecule has 2 aromatic heterocycles. The van der Waals surface area contributed by atoms with Crippen LogP contribution < -0.4 is 10.2 Å². The van der Waals surface area contributed by atoms with Crippen LogP contribution in [0.4, 0.5) is 10.9 Å². The Hall–Kier alpha value is -2.41. The van der Waals surface area contributed by atoms with Crippen LogP contribution in [0.1, 0.15) is 16.9 Å². The van der Waals surface area contributed by atoms with Gasteiger partial charge in [0.2, 0.25) is 5.91 Å². The number of nitrogens with zero attached hydrogens (tertiary/aromatic N) is 3. The maximum atomic E-state index is 12.1. The van der Waals surface area contributed by atoms with Crippen molar-refractivity contribution in [3.8, 4) is 0 Å². The molecular weight excluding hydrogens is 312 g/mol. The fourth-order valence-electron chi connectivity index (χ4n) is 2.30. The molecule has 0 saturated heterocycles. The summed E-state index contributed by atoms with van der Waals surface area (Å²) in [6, 6.07) is 5.85. The second-order valence-corrected chi connectivity index (χ2v) is 6.58. The highest BCUT2D eigenvalue weighted by atomic mass is 32.1. The molecule has 1 amide bonds. The van der Waals surface area contributed by atoms with Gasteiger partial charge in [0.25, 0.3) is 0 Å². The summed E-state index contributed by atoms with van der Waals surface area (Å²) in [5.41, 5.74) is 3.35. The van der Waals surface area contributed by atoms with Gasteiger partial charge in [0, 0.05) is 13.1 Å². The number of aryl methyl sites for hydroxylation is 3. The third kappa shape index (κ3) is 3.19. The number of nitrogens with one attached hydrogen (secondary N) is 1. The van der Waals surface area contributed by atoms with Crippen LogP contribution in [0, 0.1) is 20.8 Å². The van der Waals surface area contributed by atoms with E-state index < -0.39 is 0 Å². The van der Waals surface area contributed by atoms with Crippen LogP contribution in [0.15, 0.2) is 22.7 Å². The Morgan fingerprint density at radius 1 is 1.30 bits per heavy atom. The predicted octanol–water partition coefficient (Wildman–Crippen LogP) is 3.28. The molecule has 0 aliphatic heterocycles. The standard InChI is InChI=1S/C16H18N4O2S/c1-9-5-6-10(2)15-14(9)18-16(23-15)20(4)8-13(21)17-12-7-11(3)22-19-12/h5-7H,8H2,1-4H3,(H,17,19,21). The number of carbonyl (C=O) groups is 1. The van der Waals surface area contributed by atoms with E-state index in [1.807, 2.05) is 18.9 Å². The van der Waals surface area contributed by atoms with Crippen LogP contribution in [0.2, 0.25) is 0 Å². The van der Waals surface area contributed by atoms with E-state index in [-0.39, 0.29) is 12.5 Å². The third-order valence-corrected chi connectivity index (χ3v) is 4.84. The number of aromatic nitrogens is 2. The molecule has 3 rings (SSSR count). The van der Waals surface area contributed by atoms with Gasteiger partial charge >= 0.3 is 0 Å². The molecule has 0 atom stereocenters. The maximum Gasteiger partial charge on any atom is 0.245 e. The Balaban J connectivity index is 1.75. The highest BCUT2D eigenvalue weighted by Gasteiger charge is 2.15. The molecule has 0 unspecified atom stereocenters. The minimum atomic E-state index is -0.159. The van der Waals surface area contributed by atoms with Gasteiger partial charge in [-0.2, -0.15) is 0 Å². The summed E-state index contributed by atoms with van der Waals surface area (Å²) in [4.78, 5) is 18.6. The number of carbonyl (C=O) groups excluding carboxylic acids is 1. The van der Waals surface area contributed by atoms with Gasteiger partial charge in [0.15, 0.2) is 10.9 Å². The number of anilines is 2. The summed E-state index contributed by atoms with van der Waals surface area (Å²) < 4.78 is 6.10. The molecule has 0 aliphatic carbocycles. The molecule has 0 fully saturated rings. The fourth-order valence-corrected chi connectivity index (χ4v) is 3.37. The number of amides is 1. The smallest absolute Gasteiger partial charge is 0.245 e. The molecule has 6 nitrogen and oxygen atoms in total. The first-order valence-corrected chi connectivity index (χ1v) is 8.07. The molecule has 3 aromatic rings. The highest BCUT2D eigenvalue weighted by Crippen LogP contribution is 2.32. The predicted molar refractivity (Wildman–Crippen MR) is 92.2 cm³/mol. The van der Waals surface area contributed by atoms with Crippen molar-refractivity contribution in [2.45, 2.75) is 20.8 Å². The van der Waals surface area contributed by atoms with Gasteiger partial charge in [-0.05, 0) is 31.9 Å². The van der Waals surface area contributed by atoms with Crippen LogP contribution in [-0.4, -0.2) is 29.6 Å². The average molecular weight is 330 g/mol. The summed E-state index contributed by atoms with van der Waals surface area (Å²) in [5.74, 6) is 0.927. The average Bonchev–Trinajstić information content (AvgIpc) is 3.10. The Morgan fingerprint density at radius 3 is 2.70 bits per heavy atom. The monoisotopic (exact) mass is 330 g/mol. The van der Waals surface area contributed by atoms with E-state index >= 15 is 0 Å². The molecule has 23 heavy (non-hydrogen) atoms. The Labute approximate surface area is 138 Å². The molecule has 1 N–H and O–H groups in total. The van der Waals surface area contributed by atoms with E-state index in [2.05, 4.69) is 34.5 Å². The molecule has 2 heterocycles. The number of hydrogen-bond acceptors (Lipinski definition) is 6. The summed E-state index contributed by atoms with van der Waals surface area (Å²) in [7, 11) is 1.86. The number of benzene rings is 1. The summed E-state index contributed by atoms with van der Waals surface area (Å²) >= 11 is 1.60. The highest BCUT2D eigenvalue weighted by molar-refractivity contribution is 7.22. The van der Waals surface area contributed by atoms with Crippen LogP contribution >= 0.6 is 11.3 Å². The van der Waals surface area contributed by atoms with Crippen LogP contribution in [0.3, 0.4) is 0 Å². The lowest BCUT2D eigenvalue weighted by Crippen LogP contribution is -2.30. The molecule has 120 valence electrons. The Kier molecular flexibility index (Phi) is 4.04. The minimum absolute atomic E-state index is 0.159. The number of likely N-dealkylation sites (N-methyl/N-ethyl adjacent to an activating group) is 1. The third-order valence-electron chi connectivity index (χ3n) is 3.53. The summed E-state index contributed by atoms with van der Waals surface area (Å²) in [6.45, 7) is 6.10. The molecular formula is C16H18N4O2S. The van der Waals surface area contributed by atoms with E-state index in [4.69, 9.17) is 4.52 Å². The van der Waals surface area contributed by atoms with Gasteiger partial charge < -0.3 is 14.7 Å². The second-order valence-electron chi connectivity index (χ2n) is 5.60. The lowest BCUT2D eigenvalue weighted by molar-refractivity contribution is -0.115. The van der Waals surface area contributed by atoms with Crippen molar-refractivity contribution in [2.75, 3.05) is 23.8 Å². The number of fused-ring (bicyclic) bond motifs is 1. The van der Waals surface area contributed by atoms with Gasteiger partial charge in [-0.15, -0.1) is 0 Å². The molecule has 0 saturated carbocycles. The van der Waals surface area contributed by atoms with Crippen molar-refractivity contribution in [3.05, 3.63) is 35.1 Å². The zero-order valence-corrected chi connectivity index (χ0v) is 14.3. The molecule has 0 spiro atoms. The largest absolute Gasteiger partial charge is 0.360 e. The first-order valence-electron chi connectivity index (χ1n) is 7.25. The van der Waals surface area contributed by atoms with Crippen molar-refractivity contribution in [1.82, 2.24) is 10.1 Å². The van der Waals surface area contributed by atoms with Gasteiger partial charge in [-0.1, -0.05) is 28.6 Å². The van der Waals surface area contributed by atoms with Crippen LogP contribution in [0.25, 0.3) is 10.2 Å². The molecule has 7 heteroatoms. The maximum absolute atomic E-state index is 12.1. The zero-order chi connectivity index (χ0) is 16.6. The zero-order valence-electron chi connectivity index (χ0n) is 13.5. The van der Waals surface area contributed by atoms with Crippen molar-refractivity contribution in [2.24, 2.45) is 0 Å². The van der Waals surface area contributed by atoms with Crippen LogP contribution in [-0.2, 0) is 4.79 Å². The van der Waals surface area contributed by atoms with E-state index in [9.17, 15) is 4.79 Å². The molecule has 1 aromatic carbocycles. The van der Waals surface area contributed by atoms with E-state index in [1.165, 1.54) is 10.3 Å². The first kappa shape index (κ1) is 15.5. The van der Waals surface area contributed by atoms with E-state index in [0.717, 1.165) is 16.2 Å². The number of rotatable bonds is 4. The van der Waals surface area contributed by atoms with Gasteiger partial charge in [-0.3, -0.25) is 4.79 Å². The lowest BCUT2D eigenvalue weighted by Gasteiger charge is -2.14.